The van der Waals surface area contributed by atoms with Crippen LogP contribution in [0.1, 0.15) is 26.4 Å². The first-order valence-corrected chi connectivity index (χ1v) is 10.7. The van der Waals surface area contributed by atoms with Crippen LogP contribution in [-0.4, -0.2) is 31.8 Å². The van der Waals surface area contributed by atoms with Crippen molar-refractivity contribution < 1.29 is 14.3 Å². The predicted octanol–water partition coefficient (Wildman–Crippen LogP) is 4.66. The lowest BCUT2D eigenvalue weighted by molar-refractivity contribution is 0.0602. The van der Waals surface area contributed by atoms with Crippen LogP contribution in [0.25, 0.3) is 0 Å². The zero-order valence-electron chi connectivity index (χ0n) is 16.9. The lowest BCUT2D eigenvalue weighted by Crippen LogP contribution is -2.30. The lowest BCUT2D eigenvalue weighted by atomic mass is 10.1. The van der Waals surface area contributed by atoms with E-state index in [1.54, 1.807) is 7.11 Å². The van der Waals surface area contributed by atoms with E-state index in [0.717, 1.165) is 29.0 Å². The first-order valence-electron chi connectivity index (χ1n) is 9.52. The summed E-state index contributed by atoms with van der Waals surface area (Å²) in [7, 11) is 3.04. The van der Waals surface area contributed by atoms with Gasteiger partial charge in [0.2, 0.25) is 0 Å². The number of nitrogens with one attached hydrogen (secondary N) is 2. The molecule has 0 aliphatic rings. The molecule has 0 aliphatic carbocycles. The molecule has 3 aromatic rings. The topological polar surface area (TPSA) is 59.6 Å². The van der Waals surface area contributed by atoms with Crippen molar-refractivity contribution in [3.05, 3.63) is 82.2 Å². The summed E-state index contributed by atoms with van der Waals surface area (Å²) in [6.45, 7) is 0.641. The Morgan fingerprint density at radius 1 is 1.07 bits per heavy atom. The zero-order valence-corrected chi connectivity index (χ0v) is 18.6. The largest absolute Gasteiger partial charge is 0.496 e. The molecule has 0 fully saturated rings. The van der Waals surface area contributed by atoms with Crippen molar-refractivity contribution in [3.63, 3.8) is 0 Å². The van der Waals surface area contributed by atoms with Crippen LogP contribution < -0.4 is 15.4 Å². The minimum atomic E-state index is -0.384. The van der Waals surface area contributed by atoms with E-state index in [9.17, 15) is 4.79 Å². The molecule has 0 aliphatic heterocycles. The van der Waals surface area contributed by atoms with Crippen LogP contribution >= 0.6 is 23.6 Å². The van der Waals surface area contributed by atoms with E-state index in [4.69, 9.17) is 21.7 Å². The lowest BCUT2D eigenvalue weighted by Gasteiger charge is -2.12. The van der Waals surface area contributed by atoms with Crippen LogP contribution in [0.3, 0.4) is 0 Å². The van der Waals surface area contributed by atoms with Gasteiger partial charge in [0.15, 0.2) is 5.11 Å². The number of rotatable bonds is 8. The van der Waals surface area contributed by atoms with Gasteiger partial charge in [0.25, 0.3) is 0 Å². The highest BCUT2D eigenvalue weighted by atomic mass is 32.1. The number of thiophene rings is 1. The molecule has 0 bridgehead atoms. The third-order valence-corrected chi connectivity index (χ3v) is 5.81. The molecule has 0 saturated heterocycles. The molecule has 0 atom stereocenters. The van der Waals surface area contributed by atoms with Gasteiger partial charge in [0.05, 0.1) is 19.8 Å². The number of benzene rings is 2. The van der Waals surface area contributed by atoms with Crippen LogP contribution in [0.5, 0.6) is 5.75 Å². The first-order chi connectivity index (χ1) is 14.6. The maximum atomic E-state index is 12.2. The van der Waals surface area contributed by atoms with Gasteiger partial charge in [-0.2, -0.15) is 0 Å². The van der Waals surface area contributed by atoms with Crippen LogP contribution in [0, 0.1) is 0 Å². The highest BCUT2D eigenvalue weighted by molar-refractivity contribution is 7.80. The molecule has 0 unspecified atom stereocenters. The molecule has 1 aromatic heterocycles. The van der Waals surface area contributed by atoms with Gasteiger partial charge in [-0.3, -0.25) is 0 Å². The van der Waals surface area contributed by atoms with E-state index in [1.807, 2.05) is 48.5 Å². The van der Waals surface area contributed by atoms with E-state index in [2.05, 4.69) is 22.8 Å². The summed E-state index contributed by atoms with van der Waals surface area (Å²) in [6.07, 6.45) is 1.50. The van der Waals surface area contributed by atoms with E-state index in [-0.39, 0.29) is 5.97 Å². The van der Waals surface area contributed by atoms with Crippen LogP contribution in [0.2, 0.25) is 0 Å². The van der Waals surface area contributed by atoms with E-state index >= 15 is 0 Å². The first kappa shape index (κ1) is 21.8. The quantitative estimate of drug-likeness (QED) is 0.392. The van der Waals surface area contributed by atoms with Gasteiger partial charge in [-0.15, -0.1) is 11.3 Å². The maximum absolute atomic E-state index is 12.2. The normalized spacial score (nSPS) is 10.3. The Morgan fingerprint density at radius 3 is 2.53 bits per heavy atom. The molecule has 0 amide bonds. The van der Waals surface area contributed by atoms with Crippen molar-refractivity contribution in [3.8, 4) is 5.75 Å². The molecule has 0 radical (unpaired) electrons. The second kappa shape index (κ2) is 10.8. The van der Waals surface area contributed by atoms with Crippen molar-refractivity contribution in [2.45, 2.75) is 12.8 Å². The Hall–Kier alpha value is -2.90. The van der Waals surface area contributed by atoms with Crippen LogP contribution in [0.15, 0.2) is 60.7 Å². The molecule has 3 rings (SSSR count). The minimum Gasteiger partial charge on any atom is -0.496 e. The number of hydrogen-bond acceptors (Lipinski definition) is 5. The molecular weight excluding hydrogens is 416 g/mol. The summed E-state index contributed by atoms with van der Waals surface area (Å²) >= 11 is 6.94. The van der Waals surface area contributed by atoms with Gasteiger partial charge >= 0.3 is 5.97 Å². The SMILES string of the molecule is COC(=O)c1cc(Cc2ccccc2)sc1NC(=S)NCCc1ccccc1OC. The summed E-state index contributed by atoms with van der Waals surface area (Å²) in [4.78, 5) is 13.3. The third kappa shape index (κ3) is 5.81. The molecule has 7 heteroatoms. The number of esters is 1. The van der Waals surface area contributed by atoms with Crippen molar-refractivity contribution >= 4 is 39.6 Å². The van der Waals surface area contributed by atoms with Gasteiger partial charge < -0.3 is 20.1 Å². The minimum absolute atomic E-state index is 0.384. The summed E-state index contributed by atoms with van der Waals surface area (Å²) in [5.74, 6) is 0.472. The highest BCUT2D eigenvalue weighted by Gasteiger charge is 2.18. The summed E-state index contributed by atoms with van der Waals surface area (Å²) in [6, 6.07) is 19.9. The molecule has 1 heterocycles. The average molecular weight is 441 g/mol. The number of carbonyl (C=O) groups excluding carboxylic acids is 1. The average Bonchev–Trinajstić information content (AvgIpc) is 3.16. The molecule has 2 aromatic carbocycles. The van der Waals surface area contributed by atoms with E-state index < -0.39 is 0 Å². The van der Waals surface area contributed by atoms with Gasteiger partial charge in [0.1, 0.15) is 10.8 Å². The van der Waals surface area contributed by atoms with Crippen LogP contribution in [-0.2, 0) is 17.6 Å². The maximum Gasteiger partial charge on any atom is 0.340 e. The number of ether oxygens (including phenoxy) is 2. The van der Waals surface area contributed by atoms with Crippen LogP contribution in [0.4, 0.5) is 5.00 Å². The number of thiocarbonyl (C=S) groups is 1. The second-order valence-electron chi connectivity index (χ2n) is 6.55. The molecule has 156 valence electrons. The summed E-state index contributed by atoms with van der Waals surface area (Å²) in [5.41, 5.74) is 2.77. The van der Waals surface area contributed by atoms with Gasteiger partial charge in [-0.05, 0) is 41.9 Å². The van der Waals surface area contributed by atoms with Gasteiger partial charge in [0, 0.05) is 17.8 Å². The number of carbonyl (C=O) groups is 1. The molecule has 5 nitrogen and oxygen atoms in total. The fourth-order valence-corrected chi connectivity index (χ4v) is 4.40. The van der Waals surface area contributed by atoms with E-state index in [0.29, 0.717) is 22.2 Å². The smallest absolute Gasteiger partial charge is 0.340 e. The Balaban J connectivity index is 1.63. The van der Waals surface area contributed by atoms with E-state index in [1.165, 1.54) is 24.0 Å². The Bertz CT molecular complexity index is 1000. The molecule has 0 saturated carbocycles. The monoisotopic (exact) mass is 440 g/mol. The molecule has 30 heavy (non-hydrogen) atoms. The molecule has 2 N–H and O–H groups in total. The predicted molar refractivity (Wildman–Crippen MR) is 126 cm³/mol. The Kier molecular flexibility index (Phi) is 7.82. The van der Waals surface area contributed by atoms with Crippen molar-refractivity contribution in [1.29, 1.82) is 0 Å². The summed E-state index contributed by atoms with van der Waals surface area (Å²) < 4.78 is 10.3. The number of para-hydroxylation sites is 1. The van der Waals surface area contributed by atoms with Crippen molar-refractivity contribution in [2.24, 2.45) is 0 Å². The van der Waals surface area contributed by atoms with Gasteiger partial charge in [-0.25, -0.2) is 4.79 Å². The van der Waals surface area contributed by atoms with Crippen molar-refractivity contribution in [2.75, 3.05) is 26.1 Å². The standard InChI is InChI=1S/C23H24N2O3S2/c1-27-20-11-7-6-10-17(20)12-13-24-23(29)25-21-19(22(26)28-2)15-18(30-21)14-16-8-4-3-5-9-16/h3-11,15H,12-14H2,1-2H3,(H2,24,25,29). The summed E-state index contributed by atoms with van der Waals surface area (Å²) in [5, 5.41) is 7.49. The fraction of sp³-hybridized carbons (Fsp3) is 0.217. The molecular formula is C23H24N2O3S2. The third-order valence-electron chi connectivity index (χ3n) is 4.51. The van der Waals surface area contributed by atoms with Crippen molar-refractivity contribution in [1.82, 2.24) is 5.32 Å². The number of methoxy groups -OCH3 is 2. The zero-order chi connectivity index (χ0) is 21.3. The number of anilines is 1. The highest BCUT2D eigenvalue weighted by Crippen LogP contribution is 2.30. The fourth-order valence-electron chi connectivity index (χ4n) is 3.05. The molecule has 0 spiro atoms. The second-order valence-corrected chi connectivity index (χ2v) is 8.10. The Morgan fingerprint density at radius 2 is 1.80 bits per heavy atom. The van der Waals surface area contributed by atoms with Gasteiger partial charge in [-0.1, -0.05) is 48.5 Å². The Labute approximate surface area is 186 Å². The number of hydrogen-bond donors (Lipinski definition) is 2.